The molecule has 0 radical (unpaired) electrons. The molecule has 2 N–H and O–H groups in total. The van der Waals surface area contributed by atoms with Gasteiger partial charge in [0.25, 0.3) is 5.91 Å². The minimum atomic E-state index is -3.73. The van der Waals surface area contributed by atoms with E-state index in [0.29, 0.717) is 37.1 Å². The number of carbonyl (C=O) groups is 1. The monoisotopic (exact) mass is 484 g/mol. The molecule has 0 atom stereocenters. The van der Waals surface area contributed by atoms with Crippen LogP contribution >= 0.6 is 23.2 Å². The summed E-state index contributed by atoms with van der Waals surface area (Å²) in [5.74, 6) is 0.231. The Labute approximate surface area is 194 Å². The number of hydrogen-bond donors (Lipinski definition) is 2. The molecule has 9 heteroatoms. The van der Waals surface area contributed by atoms with E-state index in [2.05, 4.69) is 19.2 Å². The van der Waals surface area contributed by atoms with E-state index in [1.54, 1.807) is 6.07 Å². The van der Waals surface area contributed by atoms with Crippen molar-refractivity contribution in [2.24, 2.45) is 0 Å². The van der Waals surface area contributed by atoms with Gasteiger partial charge in [-0.2, -0.15) is 4.31 Å². The molecule has 0 unspecified atom stereocenters. The van der Waals surface area contributed by atoms with Crippen molar-refractivity contribution in [2.75, 3.05) is 38.0 Å². The lowest BCUT2D eigenvalue weighted by atomic mass is 9.98. The third-order valence-electron chi connectivity index (χ3n) is 5.54. The van der Waals surface area contributed by atoms with E-state index in [1.807, 2.05) is 25.1 Å². The average Bonchev–Trinajstić information content (AvgIpc) is 2.71. The number of benzene rings is 2. The molecule has 0 saturated carbocycles. The van der Waals surface area contributed by atoms with E-state index in [-0.39, 0.29) is 22.4 Å². The predicted molar refractivity (Wildman–Crippen MR) is 125 cm³/mol. The number of quaternary nitrogens is 1. The highest BCUT2D eigenvalue weighted by Crippen LogP contribution is 2.28. The van der Waals surface area contributed by atoms with Crippen LogP contribution in [0.2, 0.25) is 10.0 Å². The van der Waals surface area contributed by atoms with Gasteiger partial charge in [0, 0.05) is 10.7 Å². The average molecular weight is 485 g/mol. The Hall–Kier alpha value is -1.64. The van der Waals surface area contributed by atoms with Crippen LogP contribution in [0, 0.1) is 6.92 Å². The fourth-order valence-corrected chi connectivity index (χ4v) is 5.97. The van der Waals surface area contributed by atoms with Crippen LogP contribution < -0.4 is 10.2 Å². The molecule has 1 fully saturated rings. The first-order chi connectivity index (χ1) is 14.6. The van der Waals surface area contributed by atoms with Crippen LogP contribution in [0.15, 0.2) is 41.3 Å². The van der Waals surface area contributed by atoms with Gasteiger partial charge in [0.1, 0.15) is 4.90 Å². The second-order valence-corrected chi connectivity index (χ2v) is 10.9. The van der Waals surface area contributed by atoms with Crippen LogP contribution in [-0.2, 0) is 14.8 Å². The van der Waals surface area contributed by atoms with Crippen molar-refractivity contribution in [3.8, 4) is 0 Å². The van der Waals surface area contributed by atoms with Gasteiger partial charge >= 0.3 is 0 Å². The topological polar surface area (TPSA) is 70.9 Å². The molecule has 1 aliphatic rings. The Morgan fingerprint density at radius 2 is 1.84 bits per heavy atom. The number of carbonyl (C=O) groups excluding carboxylic acids is 1. The number of aryl methyl sites for hydroxylation is 1. The van der Waals surface area contributed by atoms with Crippen LogP contribution in [0.5, 0.6) is 0 Å². The highest BCUT2D eigenvalue weighted by molar-refractivity contribution is 7.89. The molecular formula is C22H28Cl2N3O3S+. The summed E-state index contributed by atoms with van der Waals surface area (Å²) in [5.41, 5.74) is 3.01. The quantitative estimate of drug-likeness (QED) is 0.661. The molecule has 2 aromatic rings. The molecule has 0 bridgehead atoms. The van der Waals surface area contributed by atoms with Gasteiger partial charge in [-0.1, -0.05) is 55.2 Å². The SMILES string of the molecule is Cc1cccc(C(C)C)c1NC(=O)C[NH+]1CCN(S(=O)(=O)c2cc(Cl)ccc2Cl)CC1. The molecule has 1 amide bonds. The molecule has 31 heavy (non-hydrogen) atoms. The van der Waals surface area contributed by atoms with Crippen molar-refractivity contribution >= 4 is 44.8 Å². The lowest BCUT2D eigenvalue weighted by Gasteiger charge is -2.31. The Balaban J connectivity index is 1.62. The Kier molecular flexibility index (Phi) is 7.65. The number of nitrogens with one attached hydrogen (secondary N) is 2. The van der Waals surface area contributed by atoms with Crippen molar-refractivity contribution in [2.45, 2.75) is 31.6 Å². The van der Waals surface area contributed by atoms with Crippen LogP contribution in [0.25, 0.3) is 0 Å². The zero-order valence-corrected chi connectivity index (χ0v) is 20.2. The van der Waals surface area contributed by atoms with Gasteiger partial charge in [-0.15, -0.1) is 0 Å². The third-order valence-corrected chi connectivity index (χ3v) is 8.16. The summed E-state index contributed by atoms with van der Waals surface area (Å²) in [6.07, 6.45) is 0. The van der Waals surface area contributed by atoms with Gasteiger partial charge in [-0.3, -0.25) is 4.79 Å². The number of para-hydroxylation sites is 1. The molecule has 0 aromatic heterocycles. The molecule has 1 aliphatic heterocycles. The predicted octanol–water partition coefficient (Wildman–Crippen LogP) is 2.95. The normalized spacial score (nSPS) is 15.9. The van der Waals surface area contributed by atoms with Crippen molar-refractivity contribution in [3.05, 3.63) is 57.6 Å². The van der Waals surface area contributed by atoms with Gasteiger partial charge in [0.15, 0.2) is 6.54 Å². The van der Waals surface area contributed by atoms with Crippen LogP contribution in [0.1, 0.15) is 30.9 Å². The van der Waals surface area contributed by atoms with E-state index < -0.39 is 10.0 Å². The summed E-state index contributed by atoms with van der Waals surface area (Å²) in [6.45, 7) is 8.18. The van der Waals surface area contributed by atoms with Gasteiger partial charge < -0.3 is 10.2 Å². The van der Waals surface area contributed by atoms with E-state index in [0.717, 1.165) is 21.7 Å². The number of piperazine rings is 1. The molecule has 2 aromatic carbocycles. The first-order valence-corrected chi connectivity index (χ1v) is 12.5. The second-order valence-electron chi connectivity index (χ2n) is 8.15. The molecule has 3 rings (SSSR count). The lowest BCUT2D eigenvalue weighted by molar-refractivity contribution is -0.895. The summed E-state index contributed by atoms with van der Waals surface area (Å²) < 4.78 is 27.3. The first kappa shape index (κ1) is 24.0. The highest BCUT2D eigenvalue weighted by Gasteiger charge is 2.32. The molecular weight excluding hydrogens is 457 g/mol. The maximum atomic E-state index is 13.0. The number of rotatable bonds is 6. The van der Waals surface area contributed by atoms with E-state index in [1.165, 1.54) is 16.4 Å². The lowest BCUT2D eigenvalue weighted by Crippen LogP contribution is -3.15. The van der Waals surface area contributed by atoms with Crippen molar-refractivity contribution in [1.82, 2.24) is 4.31 Å². The van der Waals surface area contributed by atoms with Gasteiger partial charge in [0.05, 0.1) is 31.2 Å². The number of anilines is 1. The summed E-state index contributed by atoms with van der Waals surface area (Å²) in [7, 11) is -3.73. The molecule has 1 heterocycles. The standard InChI is InChI=1S/C22H27Cl2N3O3S/c1-15(2)18-6-4-5-16(3)22(18)25-21(28)14-26-9-11-27(12-10-26)31(29,30)20-13-17(23)7-8-19(20)24/h4-8,13,15H,9-12,14H2,1-3H3,(H,25,28)/p+1. The Morgan fingerprint density at radius 1 is 1.16 bits per heavy atom. The molecule has 0 aliphatic carbocycles. The maximum Gasteiger partial charge on any atom is 0.279 e. The zero-order valence-electron chi connectivity index (χ0n) is 17.9. The van der Waals surface area contributed by atoms with Crippen molar-refractivity contribution in [1.29, 1.82) is 0 Å². The number of hydrogen-bond acceptors (Lipinski definition) is 3. The summed E-state index contributed by atoms with van der Waals surface area (Å²) in [4.78, 5) is 13.8. The fraction of sp³-hybridized carbons (Fsp3) is 0.409. The zero-order chi connectivity index (χ0) is 22.8. The molecule has 1 saturated heterocycles. The summed E-state index contributed by atoms with van der Waals surface area (Å²) >= 11 is 12.1. The van der Waals surface area contributed by atoms with E-state index >= 15 is 0 Å². The molecule has 0 spiro atoms. The van der Waals surface area contributed by atoms with Crippen molar-refractivity contribution in [3.63, 3.8) is 0 Å². The first-order valence-electron chi connectivity index (χ1n) is 10.3. The van der Waals surface area contributed by atoms with E-state index in [9.17, 15) is 13.2 Å². The molecule has 168 valence electrons. The third kappa shape index (κ3) is 5.59. The summed E-state index contributed by atoms with van der Waals surface area (Å²) in [5, 5.41) is 3.54. The number of halogens is 2. The van der Waals surface area contributed by atoms with Crippen LogP contribution in [0.3, 0.4) is 0 Å². The maximum absolute atomic E-state index is 13.0. The van der Waals surface area contributed by atoms with E-state index in [4.69, 9.17) is 23.2 Å². The van der Waals surface area contributed by atoms with Gasteiger partial charge in [-0.05, 0) is 42.2 Å². The minimum Gasteiger partial charge on any atom is -0.325 e. The van der Waals surface area contributed by atoms with Gasteiger partial charge in [-0.25, -0.2) is 8.42 Å². The van der Waals surface area contributed by atoms with Crippen molar-refractivity contribution < 1.29 is 18.1 Å². The summed E-state index contributed by atoms with van der Waals surface area (Å²) in [6, 6.07) is 10.4. The fourth-order valence-electron chi connectivity index (χ4n) is 3.79. The second kappa shape index (κ2) is 9.88. The molecule has 6 nitrogen and oxygen atoms in total. The van der Waals surface area contributed by atoms with Crippen LogP contribution in [0.4, 0.5) is 5.69 Å². The Bertz CT molecular complexity index is 1070. The number of sulfonamides is 1. The Morgan fingerprint density at radius 3 is 2.48 bits per heavy atom. The smallest absolute Gasteiger partial charge is 0.279 e. The number of amides is 1. The highest BCUT2D eigenvalue weighted by atomic mass is 35.5. The largest absolute Gasteiger partial charge is 0.325 e. The van der Waals surface area contributed by atoms with Crippen LogP contribution in [-0.4, -0.2) is 51.4 Å². The van der Waals surface area contributed by atoms with Gasteiger partial charge in [0.2, 0.25) is 10.0 Å². The number of nitrogens with zero attached hydrogens (tertiary/aromatic N) is 1. The minimum absolute atomic E-state index is 0.0172.